The zero-order valence-electron chi connectivity index (χ0n) is 15.1. The Labute approximate surface area is 165 Å². The van der Waals surface area contributed by atoms with E-state index in [0.717, 1.165) is 17.0 Å². The predicted octanol–water partition coefficient (Wildman–Crippen LogP) is 3.07. The number of hydrogen-bond donors (Lipinski definition) is 2. The number of pyridine rings is 1. The third kappa shape index (κ3) is 6.89. The molecule has 25 heavy (non-hydrogen) atoms. The number of guanidine groups is 1. The van der Waals surface area contributed by atoms with Gasteiger partial charge in [-0.3, -0.25) is 4.99 Å². The van der Waals surface area contributed by atoms with Gasteiger partial charge in [0.1, 0.15) is 0 Å². The average Bonchev–Trinajstić information content (AvgIpc) is 3.05. The van der Waals surface area contributed by atoms with Crippen LogP contribution in [0.25, 0.3) is 0 Å². The second kappa shape index (κ2) is 10.9. The number of halogens is 1. The van der Waals surface area contributed by atoms with Crippen molar-refractivity contribution in [3.8, 4) is 5.88 Å². The number of nitrogens with one attached hydrogen (secondary N) is 2. The van der Waals surface area contributed by atoms with Gasteiger partial charge in [-0.2, -0.15) is 0 Å². The monoisotopic (exact) mass is 459 g/mol. The molecule has 0 atom stereocenters. The van der Waals surface area contributed by atoms with Gasteiger partial charge < -0.3 is 19.9 Å². The summed E-state index contributed by atoms with van der Waals surface area (Å²) in [7, 11) is 1.73. The number of rotatable bonds is 7. The van der Waals surface area contributed by atoms with Crippen LogP contribution >= 0.6 is 24.0 Å². The molecule has 0 unspecified atom stereocenters. The zero-order chi connectivity index (χ0) is 17.4. The predicted molar refractivity (Wildman–Crippen MR) is 108 cm³/mol. The van der Waals surface area contributed by atoms with Crippen LogP contribution in [0.3, 0.4) is 0 Å². The molecule has 0 aromatic carbocycles. The van der Waals surface area contributed by atoms with Crippen LogP contribution in [0.15, 0.2) is 33.9 Å². The highest BCUT2D eigenvalue weighted by atomic mass is 127. The fourth-order valence-electron chi connectivity index (χ4n) is 2.05. The summed E-state index contributed by atoms with van der Waals surface area (Å²) < 4.78 is 10.7. The summed E-state index contributed by atoms with van der Waals surface area (Å²) in [6, 6.07) is 5.81. The Kier molecular flexibility index (Phi) is 9.25. The maximum atomic E-state index is 5.40. The van der Waals surface area contributed by atoms with Crippen LogP contribution in [0.1, 0.15) is 43.7 Å². The fraction of sp³-hybridized carbons (Fsp3) is 0.471. The van der Waals surface area contributed by atoms with Gasteiger partial charge in [0, 0.05) is 31.9 Å². The lowest BCUT2D eigenvalue weighted by molar-refractivity contribution is 0.326. The first-order chi connectivity index (χ1) is 11.6. The largest absolute Gasteiger partial charge is 0.478 e. The van der Waals surface area contributed by atoms with Crippen LogP contribution in [-0.4, -0.2) is 29.8 Å². The molecule has 2 aromatic rings. The van der Waals surface area contributed by atoms with Gasteiger partial charge >= 0.3 is 0 Å². The van der Waals surface area contributed by atoms with E-state index in [-0.39, 0.29) is 24.0 Å². The maximum Gasteiger partial charge on any atom is 0.213 e. The van der Waals surface area contributed by atoms with Crippen LogP contribution in [-0.2, 0) is 13.1 Å². The second-order valence-corrected chi connectivity index (χ2v) is 5.59. The molecular formula is C17H26IN5O2. The lowest BCUT2D eigenvalue weighted by Gasteiger charge is -2.11. The molecule has 0 radical (unpaired) electrons. The quantitative estimate of drug-likeness (QED) is 0.376. The molecule has 2 heterocycles. The van der Waals surface area contributed by atoms with Gasteiger partial charge in [-0.1, -0.05) is 19.0 Å². The lowest BCUT2D eigenvalue weighted by atomic mass is 10.1. The minimum absolute atomic E-state index is 0. The maximum absolute atomic E-state index is 5.40. The molecule has 138 valence electrons. The first-order valence-corrected chi connectivity index (χ1v) is 8.10. The first-order valence-electron chi connectivity index (χ1n) is 8.10. The van der Waals surface area contributed by atoms with E-state index < -0.39 is 0 Å². The van der Waals surface area contributed by atoms with Crippen LogP contribution in [0.4, 0.5) is 0 Å². The van der Waals surface area contributed by atoms with Gasteiger partial charge in [0.25, 0.3) is 0 Å². The van der Waals surface area contributed by atoms with Crippen molar-refractivity contribution in [3.05, 3.63) is 41.4 Å². The highest BCUT2D eigenvalue weighted by Crippen LogP contribution is 2.13. The Hall–Kier alpha value is -1.84. The summed E-state index contributed by atoms with van der Waals surface area (Å²) in [4.78, 5) is 8.36. The number of aromatic nitrogens is 2. The normalized spacial score (nSPS) is 11.2. The average molecular weight is 459 g/mol. The third-order valence-electron chi connectivity index (χ3n) is 3.37. The highest BCUT2D eigenvalue weighted by molar-refractivity contribution is 14.0. The summed E-state index contributed by atoms with van der Waals surface area (Å²) >= 11 is 0. The van der Waals surface area contributed by atoms with Crippen LogP contribution < -0.4 is 15.4 Å². The topological polar surface area (TPSA) is 84.6 Å². The van der Waals surface area contributed by atoms with Crippen LogP contribution in [0.2, 0.25) is 0 Å². The Morgan fingerprint density at radius 2 is 2.04 bits per heavy atom. The molecule has 0 saturated heterocycles. The summed E-state index contributed by atoms with van der Waals surface area (Å²) in [6.45, 7) is 7.85. The molecule has 0 aliphatic heterocycles. The van der Waals surface area contributed by atoms with E-state index in [1.807, 2.05) is 25.1 Å². The van der Waals surface area contributed by atoms with E-state index in [9.17, 15) is 0 Å². The molecule has 0 aliphatic rings. The molecule has 0 amide bonds. The zero-order valence-corrected chi connectivity index (χ0v) is 17.4. The van der Waals surface area contributed by atoms with E-state index >= 15 is 0 Å². The van der Waals surface area contributed by atoms with Gasteiger partial charge in [0.15, 0.2) is 11.7 Å². The van der Waals surface area contributed by atoms with E-state index in [2.05, 4.69) is 39.6 Å². The fourth-order valence-corrected chi connectivity index (χ4v) is 2.05. The molecule has 0 bridgehead atoms. The van der Waals surface area contributed by atoms with Gasteiger partial charge in [-0.25, -0.2) is 4.98 Å². The van der Waals surface area contributed by atoms with E-state index in [0.29, 0.717) is 37.5 Å². The van der Waals surface area contributed by atoms with Crippen molar-refractivity contribution in [1.29, 1.82) is 0 Å². The first kappa shape index (κ1) is 21.2. The molecule has 0 aliphatic carbocycles. The molecule has 8 heteroatoms. The van der Waals surface area contributed by atoms with E-state index in [1.54, 1.807) is 13.2 Å². The van der Waals surface area contributed by atoms with E-state index in [4.69, 9.17) is 9.26 Å². The van der Waals surface area contributed by atoms with Crippen LogP contribution in [0, 0.1) is 0 Å². The minimum atomic E-state index is 0. The molecule has 0 spiro atoms. The minimum Gasteiger partial charge on any atom is -0.478 e. The molecular weight excluding hydrogens is 433 g/mol. The number of aliphatic imine (C=N–C) groups is 1. The highest BCUT2D eigenvalue weighted by Gasteiger charge is 2.08. The van der Waals surface area contributed by atoms with E-state index in [1.165, 1.54) is 0 Å². The van der Waals surface area contributed by atoms with Gasteiger partial charge in [-0.15, -0.1) is 24.0 Å². The summed E-state index contributed by atoms with van der Waals surface area (Å²) in [5.74, 6) is 2.45. The second-order valence-electron chi connectivity index (χ2n) is 5.59. The number of ether oxygens (including phenoxy) is 1. The van der Waals surface area contributed by atoms with Gasteiger partial charge in [0.2, 0.25) is 5.88 Å². The summed E-state index contributed by atoms with van der Waals surface area (Å²) in [5.41, 5.74) is 2.02. The Bertz CT molecular complexity index is 673. The van der Waals surface area contributed by atoms with Gasteiger partial charge in [-0.05, 0) is 24.5 Å². The molecule has 0 fully saturated rings. The van der Waals surface area contributed by atoms with Gasteiger partial charge in [0.05, 0.1) is 18.8 Å². The van der Waals surface area contributed by atoms with Crippen molar-refractivity contribution >= 4 is 29.9 Å². The summed E-state index contributed by atoms with van der Waals surface area (Å²) in [6.07, 6.45) is 1.74. The molecule has 7 nitrogen and oxygen atoms in total. The smallest absolute Gasteiger partial charge is 0.213 e. The molecule has 2 rings (SSSR count). The molecule has 0 saturated carbocycles. The standard InChI is InChI=1S/C17H25N5O2.HI/c1-5-23-16-8-13(6-7-19-16)10-20-17(18-4)21-11-14-9-15(12(2)3)22-24-14;/h6-9,12H,5,10-11H2,1-4H3,(H2,18,20,21);1H. The third-order valence-corrected chi connectivity index (χ3v) is 3.37. The van der Waals surface area contributed by atoms with Crippen molar-refractivity contribution in [2.75, 3.05) is 13.7 Å². The Morgan fingerprint density at radius 1 is 1.28 bits per heavy atom. The van der Waals surface area contributed by atoms with Crippen molar-refractivity contribution in [3.63, 3.8) is 0 Å². The van der Waals surface area contributed by atoms with Crippen molar-refractivity contribution in [1.82, 2.24) is 20.8 Å². The summed E-state index contributed by atoms with van der Waals surface area (Å²) in [5, 5.41) is 10.5. The lowest BCUT2D eigenvalue weighted by Crippen LogP contribution is -2.36. The Balaban J connectivity index is 0.00000312. The molecule has 2 N–H and O–H groups in total. The molecule has 2 aromatic heterocycles. The number of nitrogens with zero attached hydrogens (tertiary/aromatic N) is 3. The SMILES string of the molecule is CCOc1cc(CNC(=NC)NCc2cc(C(C)C)no2)ccn1.I. The number of hydrogen-bond acceptors (Lipinski definition) is 5. The van der Waals surface area contributed by atoms with Crippen molar-refractivity contribution in [2.24, 2.45) is 4.99 Å². The van der Waals surface area contributed by atoms with Crippen molar-refractivity contribution < 1.29 is 9.26 Å². The Morgan fingerprint density at radius 3 is 2.68 bits per heavy atom. The van der Waals surface area contributed by atoms with Crippen LogP contribution in [0.5, 0.6) is 5.88 Å². The van der Waals surface area contributed by atoms with Crippen molar-refractivity contribution in [2.45, 2.75) is 39.8 Å².